The first kappa shape index (κ1) is 21.7. The second-order valence-electron chi connectivity index (χ2n) is 7.32. The molecular formula is C27H21N3O3. The molecule has 4 aromatic rings. The SMILES string of the molecule is CCC#Cc1nc(C(=O)c2ccccc2)nn1Cc1ccc(-c2ccccc2)c(C(=O)O)c1. The maximum absolute atomic E-state index is 12.8. The van der Waals surface area contributed by atoms with Gasteiger partial charge >= 0.3 is 5.97 Å². The van der Waals surface area contributed by atoms with E-state index in [0.29, 0.717) is 23.4 Å². The number of aromatic nitrogens is 3. The van der Waals surface area contributed by atoms with Crippen molar-refractivity contribution in [2.24, 2.45) is 0 Å². The zero-order valence-electron chi connectivity index (χ0n) is 18.0. The molecule has 162 valence electrons. The van der Waals surface area contributed by atoms with E-state index in [2.05, 4.69) is 21.9 Å². The highest BCUT2D eigenvalue weighted by molar-refractivity contribution is 6.06. The lowest BCUT2D eigenvalue weighted by Crippen LogP contribution is -2.08. The lowest BCUT2D eigenvalue weighted by molar-refractivity contribution is 0.0697. The minimum absolute atomic E-state index is 0.0565. The highest BCUT2D eigenvalue weighted by Gasteiger charge is 2.18. The Hall–Kier alpha value is -4.50. The number of hydrogen-bond donors (Lipinski definition) is 1. The smallest absolute Gasteiger partial charge is 0.336 e. The monoisotopic (exact) mass is 435 g/mol. The van der Waals surface area contributed by atoms with Gasteiger partial charge in [-0.2, -0.15) is 4.98 Å². The molecule has 4 rings (SSSR count). The summed E-state index contributed by atoms with van der Waals surface area (Å²) in [4.78, 5) is 29.1. The lowest BCUT2D eigenvalue weighted by Gasteiger charge is -2.10. The normalized spacial score (nSPS) is 10.3. The van der Waals surface area contributed by atoms with Gasteiger partial charge in [0.05, 0.1) is 12.1 Å². The largest absolute Gasteiger partial charge is 0.478 e. The first-order chi connectivity index (χ1) is 16.1. The highest BCUT2D eigenvalue weighted by atomic mass is 16.4. The van der Waals surface area contributed by atoms with E-state index in [-0.39, 0.29) is 23.7 Å². The van der Waals surface area contributed by atoms with Gasteiger partial charge in [-0.05, 0) is 28.7 Å². The number of nitrogens with zero attached hydrogens (tertiary/aromatic N) is 3. The molecule has 1 heterocycles. The fraction of sp³-hybridized carbons (Fsp3) is 0.111. The maximum Gasteiger partial charge on any atom is 0.336 e. The quantitative estimate of drug-likeness (QED) is 0.351. The summed E-state index contributed by atoms with van der Waals surface area (Å²) in [7, 11) is 0. The van der Waals surface area contributed by atoms with Crippen LogP contribution in [0, 0.1) is 11.8 Å². The number of carbonyl (C=O) groups excluding carboxylic acids is 1. The van der Waals surface area contributed by atoms with Crippen LogP contribution in [0.2, 0.25) is 0 Å². The summed E-state index contributed by atoms with van der Waals surface area (Å²) in [5.41, 5.74) is 2.87. The van der Waals surface area contributed by atoms with Gasteiger partial charge in [-0.3, -0.25) is 4.79 Å². The van der Waals surface area contributed by atoms with Crippen molar-refractivity contribution in [2.75, 3.05) is 0 Å². The van der Waals surface area contributed by atoms with Gasteiger partial charge in [0.15, 0.2) is 0 Å². The molecule has 0 amide bonds. The second kappa shape index (κ2) is 9.75. The van der Waals surface area contributed by atoms with Crippen molar-refractivity contribution >= 4 is 11.8 Å². The summed E-state index contributed by atoms with van der Waals surface area (Å²) in [6.07, 6.45) is 0.629. The van der Waals surface area contributed by atoms with E-state index in [4.69, 9.17) is 0 Å². The molecule has 1 N–H and O–H groups in total. The first-order valence-electron chi connectivity index (χ1n) is 10.5. The molecule has 0 bridgehead atoms. The van der Waals surface area contributed by atoms with E-state index in [1.54, 1.807) is 41.1 Å². The van der Waals surface area contributed by atoms with Crippen LogP contribution in [0.25, 0.3) is 11.1 Å². The molecule has 6 nitrogen and oxygen atoms in total. The Labute approximate surface area is 191 Å². The van der Waals surface area contributed by atoms with Crippen molar-refractivity contribution in [1.82, 2.24) is 14.8 Å². The van der Waals surface area contributed by atoms with Crippen molar-refractivity contribution in [2.45, 2.75) is 19.9 Å². The fourth-order valence-electron chi connectivity index (χ4n) is 3.44. The van der Waals surface area contributed by atoms with Crippen LogP contribution in [0.15, 0.2) is 78.9 Å². The van der Waals surface area contributed by atoms with Crippen LogP contribution in [0.4, 0.5) is 0 Å². The number of hydrogen-bond acceptors (Lipinski definition) is 4. The molecule has 0 aliphatic heterocycles. The second-order valence-corrected chi connectivity index (χ2v) is 7.32. The highest BCUT2D eigenvalue weighted by Crippen LogP contribution is 2.25. The average Bonchev–Trinajstić information content (AvgIpc) is 3.25. The molecule has 0 atom stereocenters. The van der Waals surface area contributed by atoms with Crippen molar-refractivity contribution in [3.05, 3.63) is 107 Å². The Balaban J connectivity index is 1.71. The summed E-state index contributed by atoms with van der Waals surface area (Å²) < 4.78 is 1.54. The van der Waals surface area contributed by atoms with Crippen molar-refractivity contribution in [3.8, 4) is 23.0 Å². The van der Waals surface area contributed by atoms with Gasteiger partial charge in [-0.15, -0.1) is 5.10 Å². The summed E-state index contributed by atoms with van der Waals surface area (Å²) in [6.45, 7) is 2.16. The van der Waals surface area contributed by atoms with Crippen molar-refractivity contribution in [1.29, 1.82) is 0 Å². The summed E-state index contributed by atoms with van der Waals surface area (Å²) in [6, 6.07) is 23.5. The van der Waals surface area contributed by atoms with Gasteiger partial charge in [-0.25, -0.2) is 9.48 Å². The minimum Gasteiger partial charge on any atom is -0.478 e. The molecular weight excluding hydrogens is 414 g/mol. The van der Waals surface area contributed by atoms with E-state index < -0.39 is 5.97 Å². The molecule has 1 aromatic heterocycles. The molecule has 6 heteroatoms. The zero-order chi connectivity index (χ0) is 23.2. The van der Waals surface area contributed by atoms with Crippen LogP contribution in [0.3, 0.4) is 0 Å². The summed E-state index contributed by atoms with van der Waals surface area (Å²) in [5, 5.41) is 14.2. The van der Waals surface area contributed by atoms with E-state index in [0.717, 1.165) is 11.1 Å². The fourth-order valence-corrected chi connectivity index (χ4v) is 3.44. The van der Waals surface area contributed by atoms with E-state index >= 15 is 0 Å². The Morgan fingerprint density at radius 2 is 1.67 bits per heavy atom. The van der Waals surface area contributed by atoms with Crippen LogP contribution in [-0.2, 0) is 6.54 Å². The summed E-state index contributed by atoms with van der Waals surface area (Å²) >= 11 is 0. The van der Waals surface area contributed by atoms with Gasteiger partial charge in [0.25, 0.3) is 0 Å². The van der Waals surface area contributed by atoms with Crippen LogP contribution in [0.5, 0.6) is 0 Å². The van der Waals surface area contributed by atoms with Crippen molar-refractivity contribution in [3.63, 3.8) is 0 Å². The van der Waals surface area contributed by atoms with Crippen molar-refractivity contribution < 1.29 is 14.7 Å². The molecule has 0 saturated heterocycles. The Bertz CT molecular complexity index is 1360. The standard InChI is InChI=1S/C27H21N3O3/c1-2-3-14-24-28-26(25(31)21-12-8-5-9-13-21)29-30(24)18-19-15-16-22(23(17-19)27(32)33)20-10-6-4-7-11-20/h4-13,15-17H,2,18H2,1H3,(H,32,33). The van der Waals surface area contributed by atoms with Crippen LogP contribution in [0.1, 0.15) is 51.3 Å². The number of carboxylic acids is 1. The van der Waals surface area contributed by atoms with Gasteiger partial charge in [0.2, 0.25) is 17.4 Å². The Morgan fingerprint density at radius 3 is 2.33 bits per heavy atom. The van der Waals surface area contributed by atoms with E-state index in [1.807, 2.05) is 49.4 Å². The van der Waals surface area contributed by atoms with Crippen LogP contribution >= 0.6 is 0 Å². The molecule has 0 aliphatic carbocycles. The number of aromatic carboxylic acids is 1. The third-order valence-corrected chi connectivity index (χ3v) is 5.02. The van der Waals surface area contributed by atoms with Gasteiger partial charge in [0, 0.05) is 12.0 Å². The molecule has 0 unspecified atom stereocenters. The third kappa shape index (κ3) is 4.89. The number of ketones is 1. The number of carbonyl (C=O) groups is 2. The number of benzene rings is 3. The summed E-state index contributed by atoms with van der Waals surface area (Å²) in [5.74, 6) is 5.03. The predicted molar refractivity (Wildman–Crippen MR) is 125 cm³/mol. The third-order valence-electron chi connectivity index (χ3n) is 5.02. The van der Waals surface area contributed by atoms with E-state index in [9.17, 15) is 14.7 Å². The van der Waals surface area contributed by atoms with Gasteiger partial charge < -0.3 is 5.11 Å². The molecule has 0 saturated carbocycles. The predicted octanol–water partition coefficient (Wildman–Crippen LogP) is 4.68. The maximum atomic E-state index is 12.8. The number of rotatable bonds is 6. The zero-order valence-corrected chi connectivity index (χ0v) is 18.0. The average molecular weight is 435 g/mol. The van der Waals surface area contributed by atoms with Gasteiger partial charge in [0.1, 0.15) is 0 Å². The molecule has 0 radical (unpaired) electrons. The lowest BCUT2D eigenvalue weighted by atomic mass is 9.97. The van der Waals surface area contributed by atoms with Crippen LogP contribution in [-0.4, -0.2) is 31.6 Å². The minimum atomic E-state index is -1.01. The van der Waals surface area contributed by atoms with Gasteiger partial charge in [-0.1, -0.05) is 85.6 Å². The Morgan fingerprint density at radius 1 is 0.970 bits per heavy atom. The topological polar surface area (TPSA) is 85.1 Å². The first-order valence-corrected chi connectivity index (χ1v) is 10.5. The molecule has 3 aromatic carbocycles. The molecule has 0 fully saturated rings. The Kier molecular flexibility index (Phi) is 6.42. The molecule has 0 spiro atoms. The van der Waals surface area contributed by atoms with E-state index in [1.165, 1.54) is 0 Å². The molecule has 0 aliphatic rings. The molecule has 33 heavy (non-hydrogen) atoms. The number of carboxylic acid groups (broad SMARTS) is 1. The van der Waals surface area contributed by atoms with Crippen LogP contribution < -0.4 is 0 Å².